The van der Waals surface area contributed by atoms with Gasteiger partial charge in [-0.1, -0.05) is 12.1 Å². The van der Waals surface area contributed by atoms with Gasteiger partial charge in [0.1, 0.15) is 0 Å². The fourth-order valence-electron chi connectivity index (χ4n) is 1.63. The first-order valence-corrected chi connectivity index (χ1v) is 5.04. The summed E-state index contributed by atoms with van der Waals surface area (Å²) in [6, 6.07) is 7.43. The van der Waals surface area contributed by atoms with E-state index in [4.69, 9.17) is 4.84 Å². The molecule has 1 N–H and O–H groups in total. The van der Waals surface area contributed by atoms with Gasteiger partial charge in [-0.2, -0.15) is 0 Å². The molecule has 1 aliphatic heterocycles. The normalized spacial score (nSPS) is 15.4. The van der Waals surface area contributed by atoms with Crippen molar-refractivity contribution < 1.29 is 9.63 Å². The number of anilines is 1. The van der Waals surface area contributed by atoms with Crippen LogP contribution < -0.4 is 5.32 Å². The quantitative estimate of drug-likeness (QED) is 0.797. The van der Waals surface area contributed by atoms with Crippen molar-refractivity contribution >= 4 is 11.6 Å². The Labute approximate surface area is 88.8 Å². The number of nitrogens with one attached hydrogen (secondary N) is 1. The van der Waals surface area contributed by atoms with Gasteiger partial charge in [0.05, 0.1) is 18.7 Å². The van der Waals surface area contributed by atoms with Crippen molar-refractivity contribution in [3.05, 3.63) is 29.8 Å². The summed E-state index contributed by atoms with van der Waals surface area (Å²) in [7, 11) is 1.80. The Morgan fingerprint density at radius 3 is 2.93 bits per heavy atom. The lowest BCUT2D eigenvalue weighted by Crippen LogP contribution is -2.27. The third-order valence-electron chi connectivity index (χ3n) is 2.41. The van der Waals surface area contributed by atoms with Crippen molar-refractivity contribution in [1.82, 2.24) is 5.06 Å². The van der Waals surface area contributed by atoms with Crippen LogP contribution in [0.3, 0.4) is 0 Å². The van der Waals surface area contributed by atoms with Gasteiger partial charge in [-0.3, -0.25) is 9.63 Å². The second-order valence-corrected chi connectivity index (χ2v) is 3.39. The summed E-state index contributed by atoms with van der Waals surface area (Å²) in [5.41, 5.74) is 1.49. The lowest BCUT2D eigenvalue weighted by Gasteiger charge is -2.15. The summed E-state index contributed by atoms with van der Waals surface area (Å²) in [5, 5.41) is 4.42. The number of nitrogens with zero attached hydrogens (tertiary/aromatic N) is 1. The van der Waals surface area contributed by atoms with E-state index in [1.807, 2.05) is 18.2 Å². The van der Waals surface area contributed by atoms with Crippen LogP contribution in [0.25, 0.3) is 0 Å². The van der Waals surface area contributed by atoms with E-state index in [-0.39, 0.29) is 5.91 Å². The second-order valence-electron chi connectivity index (χ2n) is 3.39. The Morgan fingerprint density at radius 1 is 1.47 bits per heavy atom. The fourth-order valence-corrected chi connectivity index (χ4v) is 1.63. The molecule has 1 saturated heterocycles. The largest absolute Gasteiger partial charge is 0.387 e. The predicted octanol–water partition coefficient (Wildman–Crippen LogP) is 1.51. The minimum Gasteiger partial charge on any atom is -0.387 e. The van der Waals surface area contributed by atoms with Crippen LogP contribution in [0.15, 0.2) is 24.3 Å². The topological polar surface area (TPSA) is 41.6 Å². The van der Waals surface area contributed by atoms with Crippen LogP contribution in [0.4, 0.5) is 5.69 Å². The molecule has 4 nitrogen and oxygen atoms in total. The van der Waals surface area contributed by atoms with E-state index < -0.39 is 0 Å². The van der Waals surface area contributed by atoms with E-state index in [2.05, 4.69) is 5.32 Å². The van der Waals surface area contributed by atoms with E-state index in [0.717, 1.165) is 12.1 Å². The number of amides is 1. The number of hydrogen-bond donors (Lipinski definition) is 1. The summed E-state index contributed by atoms with van der Waals surface area (Å²) in [5.74, 6) is -0.0718. The maximum absolute atomic E-state index is 12.0. The highest BCUT2D eigenvalue weighted by atomic mass is 16.7. The van der Waals surface area contributed by atoms with Crippen molar-refractivity contribution in [3.63, 3.8) is 0 Å². The van der Waals surface area contributed by atoms with Crippen LogP contribution >= 0.6 is 0 Å². The average Bonchev–Trinajstić information content (AvgIpc) is 2.81. The molecule has 1 aromatic rings. The van der Waals surface area contributed by atoms with Gasteiger partial charge in [0.2, 0.25) is 0 Å². The van der Waals surface area contributed by atoms with Crippen molar-refractivity contribution in [2.45, 2.75) is 6.42 Å². The van der Waals surface area contributed by atoms with Crippen LogP contribution in [0, 0.1) is 0 Å². The van der Waals surface area contributed by atoms with Crippen LogP contribution in [-0.2, 0) is 4.84 Å². The van der Waals surface area contributed by atoms with Crippen molar-refractivity contribution in [1.29, 1.82) is 0 Å². The minimum atomic E-state index is -0.0718. The van der Waals surface area contributed by atoms with E-state index in [9.17, 15) is 4.79 Å². The van der Waals surface area contributed by atoms with E-state index >= 15 is 0 Å². The van der Waals surface area contributed by atoms with Crippen LogP contribution in [0.1, 0.15) is 16.8 Å². The molecule has 0 atom stereocenters. The molecule has 0 saturated carbocycles. The van der Waals surface area contributed by atoms with Gasteiger partial charge in [-0.25, -0.2) is 5.06 Å². The van der Waals surface area contributed by atoms with E-state index in [1.54, 1.807) is 13.1 Å². The molecule has 0 aliphatic carbocycles. The highest BCUT2D eigenvalue weighted by Crippen LogP contribution is 2.18. The molecule has 80 valence electrons. The minimum absolute atomic E-state index is 0.0718. The zero-order valence-electron chi connectivity index (χ0n) is 8.69. The monoisotopic (exact) mass is 206 g/mol. The van der Waals surface area contributed by atoms with Crippen molar-refractivity contribution in [2.75, 3.05) is 25.5 Å². The van der Waals surface area contributed by atoms with E-state index in [0.29, 0.717) is 18.7 Å². The Balaban J connectivity index is 2.24. The highest BCUT2D eigenvalue weighted by molar-refractivity contribution is 5.99. The average molecular weight is 206 g/mol. The molecule has 0 bridgehead atoms. The van der Waals surface area contributed by atoms with Crippen LogP contribution in [0.2, 0.25) is 0 Å². The molecular weight excluding hydrogens is 192 g/mol. The number of hydroxylamine groups is 2. The van der Waals surface area contributed by atoms with E-state index in [1.165, 1.54) is 5.06 Å². The Bertz CT molecular complexity index is 359. The smallest absolute Gasteiger partial charge is 0.279 e. The number of benzene rings is 1. The standard InChI is InChI=1S/C11H14N2O2/c1-12-10-6-3-2-5-9(10)11(14)13-7-4-8-15-13/h2-3,5-6,12H,4,7-8H2,1H3. The molecule has 15 heavy (non-hydrogen) atoms. The number of hydrogen-bond acceptors (Lipinski definition) is 3. The molecule has 0 aromatic heterocycles. The van der Waals surface area contributed by atoms with Gasteiger partial charge in [-0.05, 0) is 18.6 Å². The van der Waals surface area contributed by atoms with Gasteiger partial charge in [0, 0.05) is 12.7 Å². The van der Waals surface area contributed by atoms with Crippen molar-refractivity contribution in [3.8, 4) is 0 Å². The second kappa shape index (κ2) is 4.31. The molecule has 0 unspecified atom stereocenters. The lowest BCUT2D eigenvalue weighted by atomic mass is 10.1. The molecule has 2 rings (SSSR count). The zero-order valence-corrected chi connectivity index (χ0v) is 8.69. The molecule has 1 aromatic carbocycles. The SMILES string of the molecule is CNc1ccccc1C(=O)N1CCCO1. The molecule has 1 heterocycles. The Hall–Kier alpha value is -1.55. The molecule has 1 aliphatic rings. The summed E-state index contributed by atoms with van der Waals surface area (Å²) in [4.78, 5) is 17.2. The maximum atomic E-state index is 12.0. The fraction of sp³-hybridized carbons (Fsp3) is 0.364. The third-order valence-corrected chi connectivity index (χ3v) is 2.41. The molecule has 1 fully saturated rings. The lowest BCUT2D eigenvalue weighted by molar-refractivity contribution is -0.0767. The maximum Gasteiger partial charge on any atom is 0.279 e. The molecule has 1 amide bonds. The van der Waals surface area contributed by atoms with Gasteiger partial charge < -0.3 is 5.32 Å². The number of rotatable bonds is 2. The number of carbonyl (C=O) groups is 1. The summed E-state index contributed by atoms with van der Waals surface area (Å²) in [6.45, 7) is 1.31. The van der Waals surface area contributed by atoms with Crippen LogP contribution in [-0.4, -0.2) is 31.2 Å². The summed E-state index contributed by atoms with van der Waals surface area (Å²) in [6.07, 6.45) is 0.910. The molecule has 0 radical (unpaired) electrons. The summed E-state index contributed by atoms with van der Waals surface area (Å²) < 4.78 is 0. The zero-order chi connectivity index (χ0) is 10.7. The molecular formula is C11H14N2O2. The van der Waals surface area contributed by atoms with Gasteiger partial charge in [-0.15, -0.1) is 0 Å². The number of para-hydroxylation sites is 1. The van der Waals surface area contributed by atoms with Gasteiger partial charge in [0.15, 0.2) is 0 Å². The molecule has 0 spiro atoms. The first-order chi connectivity index (χ1) is 7.33. The first kappa shape index (κ1) is 9.98. The Morgan fingerprint density at radius 2 is 2.27 bits per heavy atom. The number of carbonyl (C=O) groups excluding carboxylic acids is 1. The van der Waals surface area contributed by atoms with Crippen molar-refractivity contribution in [2.24, 2.45) is 0 Å². The summed E-state index contributed by atoms with van der Waals surface area (Å²) >= 11 is 0. The predicted molar refractivity (Wildman–Crippen MR) is 57.6 cm³/mol. The molecule has 4 heteroatoms. The highest BCUT2D eigenvalue weighted by Gasteiger charge is 2.22. The van der Waals surface area contributed by atoms with Crippen LogP contribution in [0.5, 0.6) is 0 Å². The van der Waals surface area contributed by atoms with Gasteiger partial charge >= 0.3 is 0 Å². The van der Waals surface area contributed by atoms with Gasteiger partial charge in [0.25, 0.3) is 5.91 Å². The third kappa shape index (κ3) is 1.94. The Kier molecular flexibility index (Phi) is 2.87. The first-order valence-electron chi connectivity index (χ1n) is 5.04.